The van der Waals surface area contributed by atoms with Crippen LogP contribution < -0.4 is 10.6 Å². The van der Waals surface area contributed by atoms with Gasteiger partial charge in [-0.05, 0) is 58.2 Å². The van der Waals surface area contributed by atoms with E-state index in [4.69, 9.17) is 0 Å². The zero-order chi connectivity index (χ0) is 14.4. The molecule has 3 heteroatoms. The van der Waals surface area contributed by atoms with Gasteiger partial charge in [0.2, 0.25) is 0 Å². The van der Waals surface area contributed by atoms with Gasteiger partial charge in [-0.3, -0.25) is 0 Å². The van der Waals surface area contributed by atoms with Gasteiger partial charge >= 0.3 is 0 Å². The molecule has 2 N–H and O–H groups in total. The number of aliphatic imine (C=N–C) groups is 1. The first kappa shape index (κ1) is 15.5. The third-order valence-electron chi connectivity index (χ3n) is 3.01. The predicted molar refractivity (Wildman–Crippen MR) is 83.7 cm³/mol. The molecule has 0 heterocycles. The lowest BCUT2D eigenvalue weighted by Crippen LogP contribution is -2.41. The molecule has 0 saturated carbocycles. The summed E-state index contributed by atoms with van der Waals surface area (Å²) in [6.07, 6.45) is 0. The smallest absolute Gasteiger partial charge is 0.191 e. The molecule has 0 fully saturated rings. The number of hydrogen-bond acceptors (Lipinski definition) is 1. The summed E-state index contributed by atoms with van der Waals surface area (Å²) in [4.78, 5) is 4.67. The minimum Gasteiger partial charge on any atom is -0.357 e. The van der Waals surface area contributed by atoms with Crippen molar-refractivity contribution in [2.45, 2.75) is 54.1 Å². The fourth-order valence-electron chi connectivity index (χ4n) is 2.21. The molecule has 1 rings (SSSR count). The van der Waals surface area contributed by atoms with Gasteiger partial charge in [0.15, 0.2) is 5.96 Å². The quantitative estimate of drug-likeness (QED) is 0.645. The Hall–Kier alpha value is -1.51. The van der Waals surface area contributed by atoms with Crippen molar-refractivity contribution in [1.29, 1.82) is 0 Å². The second-order valence-corrected chi connectivity index (χ2v) is 5.37. The second kappa shape index (κ2) is 7.17. The van der Waals surface area contributed by atoms with Gasteiger partial charge in [-0.2, -0.15) is 0 Å². The highest BCUT2D eigenvalue weighted by molar-refractivity contribution is 5.80. The average Bonchev–Trinajstić information content (AvgIpc) is 2.26. The van der Waals surface area contributed by atoms with E-state index in [2.05, 4.69) is 69.3 Å². The van der Waals surface area contributed by atoms with Gasteiger partial charge in [0.25, 0.3) is 0 Å². The highest BCUT2D eigenvalue weighted by atomic mass is 15.2. The number of benzene rings is 1. The summed E-state index contributed by atoms with van der Waals surface area (Å²) in [6, 6.07) is 4.83. The number of rotatable bonds is 4. The molecule has 106 valence electrons. The number of nitrogens with one attached hydrogen (secondary N) is 2. The lowest BCUT2D eigenvalue weighted by atomic mass is 10.00. The van der Waals surface area contributed by atoms with E-state index in [-0.39, 0.29) is 0 Å². The lowest BCUT2D eigenvalue weighted by molar-refractivity contribution is 0.700. The van der Waals surface area contributed by atoms with Crippen LogP contribution in [0.15, 0.2) is 17.1 Å². The maximum atomic E-state index is 4.67. The predicted octanol–water partition coefficient (Wildman–Crippen LogP) is 3.08. The van der Waals surface area contributed by atoms with Crippen molar-refractivity contribution in [1.82, 2.24) is 10.6 Å². The Labute approximate surface area is 117 Å². The van der Waals surface area contributed by atoms with Gasteiger partial charge in [0.1, 0.15) is 0 Å². The average molecular weight is 261 g/mol. The molecule has 0 aliphatic heterocycles. The number of guanidine groups is 1. The molecule has 1 aromatic carbocycles. The van der Waals surface area contributed by atoms with Crippen LogP contribution in [0.1, 0.15) is 43.0 Å². The Bertz CT molecular complexity index is 424. The van der Waals surface area contributed by atoms with E-state index < -0.39 is 0 Å². The van der Waals surface area contributed by atoms with E-state index >= 15 is 0 Å². The van der Waals surface area contributed by atoms with Crippen LogP contribution in [-0.4, -0.2) is 18.5 Å². The SMILES string of the molecule is CCNC(=NCc1c(C)cc(C)cc1C)NC(C)C. The van der Waals surface area contributed by atoms with Crippen molar-refractivity contribution in [2.24, 2.45) is 4.99 Å². The fraction of sp³-hybridized carbons (Fsp3) is 0.562. The van der Waals surface area contributed by atoms with Crippen LogP contribution in [0, 0.1) is 20.8 Å². The zero-order valence-corrected chi connectivity index (χ0v) is 13.1. The molecule has 0 aromatic heterocycles. The van der Waals surface area contributed by atoms with Crippen LogP contribution >= 0.6 is 0 Å². The Kier molecular flexibility index (Phi) is 5.87. The summed E-state index contributed by atoms with van der Waals surface area (Å²) in [6.45, 7) is 14.4. The topological polar surface area (TPSA) is 36.4 Å². The van der Waals surface area contributed by atoms with E-state index in [9.17, 15) is 0 Å². The summed E-state index contributed by atoms with van der Waals surface area (Å²) in [5.74, 6) is 0.886. The molecule has 3 nitrogen and oxygen atoms in total. The Morgan fingerprint density at radius 2 is 1.74 bits per heavy atom. The van der Waals surface area contributed by atoms with E-state index in [1.165, 1.54) is 22.3 Å². The van der Waals surface area contributed by atoms with Crippen molar-refractivity contribution in [3.63, 3.8) is 0 Å². The first-order valence-electron chi connectivity index (χ1n) is 7.05. The van der Waals surface area contributed by atoms with Gasteiger partial charge in [-0.25, -0.2) is 4.99 Å². The fourth-order valence-corrected chi connectivity index (χ4v) is 2.21. The van der Waals surface area contributed by atoms with Crippen LogP contribution in [0.25, 0.3) is 0 Å². The molecule has 0 spiro atoms. The third-order valence-corrected chi connectivity index (χ3v) is 3.01. The molecular formula is C16H27N3. The maximum absolute atomic E-state index is 4.67. The van der Waals surface area contributed by atoms with Gasteiger partial charge in [-0.1, -0.05) is 17.7 Å². The van der Waals surface area contributed by atoms with Crippen molar-refractivity contribution in [3.8, 4) is 0 Å². The summed E-state index contributed by atoms with van der Waals surface area (Å²) in [7, 11) is 0. The molecule has 1 aromatic rings. The van der Waals surface area contributed by atoms with Crippen LogP contribution in [0.4, 0.5) is 0 Å². The normalized spacial score (nSPS) is 11.8. The third kappa shape index (κ3) is 4.93. The monoisotopic (exact) mass is 261 g/mol. The first-order valence-corrected chi connectivity index (χ1v) is 7.05. The van der Waals surface area contributed by atoms with E-state index in [1.807, 2.05) is 0 Å². The van der Waals surface area contributed by atoms with Gasteiger partial charge in [-0.15, -0.1) is 0 Å². The number of aryl methyl sites for hydroxylation is 3. The minimum absolute atomic E-state index is 0.387. The minimum atomic E-state index is 0.387. The standard InChI is InChI=1S/C16H27N3/c1-7-17-16(19-11(2)3)18-10-15-13(5)8-12(4)9-14(15)6/h8-9,11H,7,10H2,1-6H3,(H2,17,18,19). The summed E-state index contributed by atoms with van der Waals surface area (Å²) in [5.41, 5.74) is 5.28. The van der Waals surface area contributed by atoms with Crippen LogP contribution in [0.3, 0.4) is 0 Å². The molecule has 0 amide bonds. The molecule has 0 atom stereocenters. The summed E-state index contributed by atoms with van der Waals surface area (Å²) in [5, 5.41) is 6.61. The second-order valence-electron chi connectivity index (χ2n) is 5.37. The summed E-state index contributed by atoms with van der Waals surface area (Å²) < 4.78 is 0. The van der Waals surface area contributed by atoms with Gasteiger partial charge < -0.3 is 10.6 Å². The Morgan fingerprint density at radius 1 is 1.16 bits per heavy atom. The van der Waals surface area contributed by atoms with Crippen molar-refractivity contribution in [2.75, 3.05) is 6.54 Å². The molecular weight excluding hydrogens is 234 g/mol. The molecule has 19 heavy (non-hydrogen) atoms. The lowest BCUT2D eigenvalue weighted by Gasteiger charge is -2.15. The Balaban J connectivity index is 2.88. The zero-order valence-electron chi connectivity index (χ0n) is 13.1. The highest BCUT2D eigenvalue weighted by Gasteiger charge is 2.04. The molecule has 0 unspecified atom stereocenters. The van der Waals surface area contributed by atoms with Crippen molar-refractivity contribution >= 4 is 5.96 Å². The summed E-state index contributed by atoms with van der Waals surface area (Å²) >= 11 is 0. The van der Waals surface area contributed by atoms with Crippen molar-refractivity contribution in [3.05, 3.63) is 34.4 Å². The van der Waals surface area contributed by atoms with Crippen LogP contribution in [0.2, 0.25) is 0 Å². The molecule has 0 bridgehead atoms. The van der Waals surface area contributed by atoms with E-state index in [0.717, 1.165) is 19.0 Å². The van der Waals surface area contributed by atoms with Crippen molar-refractivity contribution < 1.29 is 0 Å². The molecule has 0 aliphatic rings. The maximum Gasteiger partial charge on any atom is 0.191 e. The molecule has 0 saturated heterocycles. The van der Waals surface area contributed by atoms with E-state index in [0.29, 0.717) is 6.04 Å². The molecule has 0 aliphatic carbocycles. The van der Waals surface area contributed by atoms with Gasteiger partial charge in [0.05, 0.1) is 6.54 Å². The van der Waals surface area contributed by atoms with Crippen LogP contribution in [0.5, 0.6) is 0 Å². The first-order chi connectivity index (χ1) is 8.93. The van der Waals surface area contributed by atoms with Gasteiger partial charge in [0, 0.05) is 12.6 Å². The Morgan fingerprint density at radius 3 is 2.21 bits per heavy atom. The number of hydrogen-bond donors (Lipinski definition) is 2. The largest absolute Gasteiger partial charge is 0.357 e. The number of nitrogens with zero attached hydrogens (tertiary/aromatic N) is 1. The highest BCUT2D eigenvalue weighted by Crippen LogP contribution is 2.17. The van der Waals surface area contributed by atoms with E-state index in [1.54, 1.807) is 0 Å². The van der Waals surface area contributed by atoms with Crippen LogP contribution in [-0.2, 0) is 6.54 Å². The molecule has 0 radical (unpaired) electrons.